The Kier molecular flexibility index (Phi) is 6.74. The highest BCUT2D eigenvalue weighted by atomic mass is 35.5. The molecule has 1 aromatic heterocycles. The van der Waals surface area contributed by atoms with Crippen LogP contribution in [0.15, 0.2) is 90.0 Å². The second kappa shape index (κ2) is 9.70. The van der Waals surface area contributed by atoms with Crippen molar-refractivity contribution in [2.45, 2.75) is 24.3 Å². The van der Waals surface area contributed by atoms with Crippen LogP contribution in [-0.2, 0) is 21.2 Å². The van der Waals surface area contributed by atoms with E-state index in [1.165, 1.54) is 12.3 Å². The maximum absolute atomic E-state index is 13.4. The van der Waals surface area contributed by atoms with E-state index in [0.717, 1.165) is 11.1 Å². The van der Waals surface area contributed by atoms with Crippen LogP contribution < -0.4 is 10.0 Å². The first-order valence-electron chi connectivity index (χ1n) is 10.3. The van der Waals surface area contributed by atoms with E-state index in [9.17, 15) is 13.2 Å². The summed E-state index contributed by atoms with van der Waals surface area (Å²) in [5.74, 6) is -0.490. The molecule has 0 fully saturated rings. The Morgan fingerprint density at radius 1 is 1.00 bits per heavy atom. The van der Waals surface area contributed by atoms with Gasteiger partial charge in [0, 0.05) is 22.3 Å². The number of sulfonamides is 1. The summed E-state index contributed by atoms with van der Waals surface area (Å²) in [6.07, 6.45) is 1.71. The summed E-state index contributed by atoms with van der Waals surface area (Å²) in [6.45, 7) is 1.86. The standard InChI is InChI=1S/C25H22ClN3O3S/c1-17-12-13-20(16-21(17)26)28-25(30)22(15-18-7-3-2-4-8-18)29-33(31,32)23-11-5-9-19-10-6-14-27-24(19)23/h2-14,16,22,29H,15H2,1H3,(H,28,30). The molecule has 33 heavy (non-hydrogen) atoms. The molecule has 0 aliphatic heterocycles. The first kappa shape index (κ1) is 22.9. The van der Waals surface area contributed by atoms with Gasteiger partial charge < -0.3 is 5.32 Å². The molecule has 1 atom stereocenters. The van der Waals surface area contributed by atoms with Gasteiger partial charge in [-0.3, -0.25) is 9.78 Å². The molecule has 0 spiro atoms. The Labute approximate surface area is 197 Å². The smallest absolute Gasteiger partial charge is 0.243 e. The predicted molar refractivity (Wildman–Crippen MR) is 131 cm³/mol. The topological polar surface area (TPSA) is 88.2 Å². The Hall–Kier alpha value is -3.26. The van der Waals surface area contributed by atoms with Crippen LogP contribution in [0.25, 0.3) is 10.9 Å². The van der Waals surface area contributed by atoms with E-state index in [1.54, 1.807) is 42.5 Å². The fraction of sp³-hybridized carbons (Fsp3) is 0.120. The fourth-order valence-electron chi connectivity index (χ4n) is 3.48. The molecule has 2 N–H and O–H groups in total. The second-order valence-corrected chi connectivity index (χ2v) is 9.74. The van der Waals surface area contributed by atoms with E-state index in [-0.39, 0.29) is 11.3 Å². The van der Waals surface area contributed by atoms with Crippen molar-refractivity contribution in [1.29, 1.82) is 0 Å². The molecule has 4 rings (SSSR count). The number of aryl methyl sites for hydroxylation is 1. The zero-order valence-corrected chi connectivity index (χ0v) is 19.4. The maximum atomic E-state index is 13.4. The SMILES string of the molecule is Cc1ccc(NC(=O)C(Cc2ccccc2)NS(=O)(=O)c2cccc3cccnc23)cc1Cl. The van der Waals surface area contributed by atoms with Crippen molar-refractivity contribution in [3.05, 3.63) is 101 Å². The Balaban J connectivity index is 1.66. The molecule has 0 saturated heterocycles. The van der Waals surface area contributed by atoms with Crippen LogP contribution in [0.4, 0.5) is 5.69 Å². The van der Waals surface area contributed by atoms with E-state index in [2.05, 4.69) is 15.0 Å². The summed E-state index contributed by atoms with van der Waals surface area (Å²) in [4.78, 5) is 17.4. The third kappa shape index (κ3) is 5.39. The summed E-state index contributed by atoms with van der Waals surface area (Å²) in [6, 6.07) is 21.8. The molecule has 168 valence electrons. The molecule has 0 bridgehead atoms. The molecule has 3 aromatic carbocycles. The number of para-hydroxylation sites is 1. The molecule has 1 amide bonds. The highest BCUT2D eigenvalue weighted by molar-refractivity contribution is 7.89. The Morgan fingerprint density at radius 3 is 2.52 bits per heavy atom. The zero-order valence-electron chi connectivity index (χ0n) is 17.8. The lowest BCUT2D eigenvalue weighted by Crippen LogP contribution is -2.45. The fourth-order valence-corrected chi connectivity index (χ4v) is 5.04. The van der Waals surface area contributed by atoms with Crippen LogP contribution >= 0.6 is 11.6 Å². The van der Waals surface area contributed by atoms with Gasteiger partial charge in [0.05, 0.1) is 5.52 Å². The largest absolute Gasteiger partial charge is 0.325 e. The van der Waals surface area contributed by atoms with E-state index in [0.29, 0.717) is 21.6 Å². The maximum Gasteiger partial charge on any atom is 0.243 e. The molecule has 0 aliphatic carbocycles. The van der Waals surface area contributed by atoms with Gasteiger partial charge in [0.15, 0.2) is 0 Å². The average Bonchev–Trinajstić information content (AvgIpc) is 2.81. The minimum atomic E-state index is -4.06. The van der Waals surface area contributed by atoms with Gasteiger partial charge in [-0.15, -0.1) is 0 Å². The number of nitrogens with zero attached hydrogens (tertiary/aromatic N) is 1. The summed E-state index contributed by atoms with van der Waals surface area (Å²) < 4.78 is 29.3. The summed E-state index contributed by atoms with van der Waals surface area (Å²) >= 11 is 6.18. The number of pyridine rings is 1. The molecule has 8 heteroatoms. The highest BCUT2D eigenvalue weighted by Gasteiger charge is 2.28. The van der Waals surface area contributed by atoms with Gasteiger partial charge in [-0.05, 0) is 48.7 Å². The third-order valence-corrected chi connectivity index (χ3v) is 7.13. The number of hydrogen-bond donors (Lipinski definition) is 2. The van der Waals surface area contributed by atoms with Crippen molar-refractivity contribution in [2.24, 2.45) is 0 Å². The minimum Gasteiger partial charge on any atom is -0.325 e. The van der Waals surface area contributed by atoms with Crippen molar-refractivity contribution in [2.75, 3.05) is 5.32 Å². The average molecular weight is 480 g/mol. The van der Waals surface area contributed by atoms with E-state index in [4.69, 9.17) is 11.6 Å². The molecule has 6 nitrogen and oxygen atoms in total. The van der Waals surface area contributed by atoms with Crippen molar-refractivity contribution < 1.29 is 13.2 Å². The van der Waals surface area contributed by atoms with Crippen molar-refractivity contribution in [1.82, 2.24) is 9.71 Å². The number of amides is 1. The first-order chi connectivity index (χ1) is 15.8. The van der Waals surface area contributed by atoms with Gasteiger partial charge in [0.2, 0.25) is 15.9 Å². The monoisotopic (exact) mass is 479 g/mol. The number of anilines is 1. The van der Waals surface area contributed by atoms with Gasteiger partial charge >= 0.3 is 0 Å². The van der Waals surface area contributed by atoms with Crippen LogP contribution in [0, 0.1) is 6.92 Å². The van der Waals surface area contributed by atoms with Gasteiger partial charge in [-0.25, -0.2) is 8.42 Å². The molecule has 0 saturated carbocycles. The third-order valence-electron chi connectivity index (χ3n) is 5.22. The summed E-state index contributed by atoms with van der Waals surface area (Å²) in [5.41, 5.74) is 2.52. The molecule has 1 unspecified atom stereocenters. The number of hydrogen-bond acceptors (Lipinski definition) is 4. The Bertz CT molecular complexity index is 1400. The van der Waals surface area contributed by atoms with Crippen molar-refractivity contribution in [3.8, 4) is 0 Å². The quantitative estimate of drug-likeness (QED) is 0.401. The highest BCUT2D eigenvalue weighted by Crippen LogP contribution is 2.23. The number of carbonyl (C=O) groups excluding carboxylic acids is 1. The lowest BCUT2D eigenvalue weighted by molar-refractivity contribution is -0.117. The summed E-state index contributed by atoms with van der Waals surface area (Å²) in [7, 11) is -4.06. The number of halogens is 1. The minimum absolute atomic E-state index is 0.0184. The van der Waals surface area contributed by atoms with Crippen LogP contribution in [0.3, 0.4) is 0 Å². The van der Waals surface area contributed by atoms with Gasteiger partial charge in [-0.2, -0.15) is 4.72 Å². The predicted octanol–water partition coefficient (Wildman–Crippen LogP) is 4.72. The molecular weight excluding hydrogens is 458 g/mol. The second-order valence-electron chi connectivity index (χ2n) is 7.65. The van der Waals surface area contributed by atoms with E-state index in [1.807, 2.05) is 37.3 Å². The van der Waals surface area contributed by atoms with E-state index < -0.39 is 22.0 Å². The van der Waals surface area contributed by atoms with Crippen molar-refractivity contribution >= 4 is 44.1 Å². The summed E-state index contributed by atoms with van der Waals surface area (Å²) in [5, 5.41) is 3.98. The number of benzene rings is 3. The first-order valence-corrected chi connectivity index (χ1v) is 12.2. The zero-order chi connectivity index (χ0) is 23.4. The van der Waals surface area contributed by atoms with E-state index >= 15 is 0 Å². The molecule has 0 aliphatic rings. The van der Waals surface area contributed by atoms with Crippen molar-refractivity contribution in [3.63, 3.8) is 0 Å². The normalized spacial score (nSPS) is 12.4. The molecule has 0 radical (unpaired) electrons. The van der Waals surface area contributed by atoms with Crippen LogP contribution in [0.1, 0.15) is 11.1 Å². The lowest BCUT2D eigenvalue weighted by atomic mass is 10.1. The number of nitrogens with one attached hydrogen (secondary N) is 2. The van der Waals surface area contributed by atoms with Crippen LogP contribution in [0.5, 0.6) is 0 Å². The lowest BCUT2D eigenvalue weighted by Gasteiger charge is -2.19. The molecule has 1 heterocycles. The van der Waals surface area contributed by atoms with Gasteiger partial charge in [0.25, 0.3) is 0 Å². The number of aromatic nitrogens is 1. The number of rotatable bonds is 7. The van der Waals surface area contributed by atoms with Crippen LogP contribution in [0.2, 0.25) is 5.02 Å². The Morgan fingerprint density at radius 2 is 1.76 bits per heavy atom. The molecular formula is C25H22ClN3O3S. The van der Waals surface area contributed by atoms with Crippen LogP contribution in [-0.4, -0.2) is 25.4 Å². The van der Waals surface area contributed by atoms with Gasteiger partial charge in [-0.1, -0.05) is 66.2 Å². The number of carbonyl (C=O) groups is 1. The molecule has 4 aromatic rings. The van der Waals surface area contributed by atoms with Gasteiger partial charge in [0.1, 0.15) is 10.9 Å². The number of fused-ring (bicyclic) bond motifs is 1.